The lowest BCUT2D eigenvalue weighted by atomic mass is 10.3. The Morgan fingerprint density at radius 3 is 2.64 bits per heavy atom. The number of hydrogen-bond donors (Lipinski definition) is 1. The molecule has 3 rings (SSSR count). The van der Waals surface area contributed by atoms with Crippen molar-refractivity contribution in [3.05, 3.63) is 30.4 Å². The van der Waals surface area contributed by atoms with Crippen LogP contribution in [0.1, 0.15) is 36.7 Å². The fourth-order valence-electron chi connectivity index (χ4n) is 2.67. The zero-order valence-electron chi connectivity index (χ0n) is 14.4. The number of aromatic nitrogens is 3. The quantitative estimate of drug-likeness (QED) is 0.914. The van der Waals surface area contributed by atoms with E-state index in [9.17, 15) is 9.59 Å². The van der Waals surface area contributed by atoms with E-state index >= 15 is 0 Å². The van der Waals surface area contributed by atoms with Crippen molar-refractivity contribution in [2.45, 2.75) is 26.3 Å². The van der Waals surface area contributed by atoms with Crippen LogP contribution in [-0.4, -0.2) is 62.9 Å². The zero-order valence-corrected chi connectivity index (χ0v) is 14.4. The van der Waals surface area contributed by atoms with Crippen molar-refractivity contribution in [2.75, 3.05) is 31.5 Å². The maximum Gasteiger partial charge on any atom is 0.323 e. The molecule has 134 valence electrons. The minimum Gasteiger partial charge on any atom is -0.472 e. The number of rotatable bonds is 3. The van der Waals surface area contributed by atoms with Crippen molar-refractivity contribution in [1.82, 2.24) is 24.8 Å². The molecule has 0 unspecified atom stereocenters. The Morgan fingerprint density at radius 1 is 1.20 bits per heavy atom. The van der Waals surface area contributed by atoms with Gasteiger partial charge in [0.15, 0.2) is 5.82 Å². The molecule has 0 saturated carbocycles. The molecular weight excluding hydrogens is 324 g/mol. The molecule has 3 heterocycles. The number of amides is 3. The zero-order chi connectivity index (χ0) is 17.8. The summed E-state index contributed by atoms with van der Waals surface area (Å²) >= 11 is 0. The van der Waals surface area contributed by atoms with Gasteiger partial charge in [-0.15, -0.1) is 5.10 Å². The highest BCUT2D eigenvalue weighted by molar-refractivity contribution is 5.94. The molecule has 1 N–H and O–H groups in total. The van der Waals surface area contributed by atoms with Crippen LogP contribution in [0.15, 0.2) is 29.2 Å². The number of nitrogens with zero attached hydrogens (tertiary/aromatic N) is 5. The first kappa shape index (κ1) is 17.0. The van der Waals surface area contributed by atoms with E-state index in [4.69, 9.17) is 4.42 Å². The second-order valence-corrected chi connectivity index (χ2v) is 6.25. The molecule has 0 bridgehead atoms. The van der Waals surface area contributed by atoms with Gasteiger partial charge in [0.05, 0.1) is 18.0 Å². The summed E-state index contributed by atoms with van der Waals surface area (Å²) in [6.45, 7) is 6.11. The molecule has 1 fully saturated rings. The van der Waals surface area contributed by atoms with Gasteiger partial charge in [-0.1, -0.05) is 5.21 Å². The maximum atomic E-state index is 12.4. The number of carbonyl (C=O) groups excluding carboxylic acids is 2. The molecule has 0 aromatic carbocycles. The smallest absolute Gasteiger partial charge is 0.323 e. The van der Waals surface area contributed by atoms with Crippen LogP contribution in [0.4, 0.5) is 10.6 Å². The third kappa shape index (κ3) is 3.98. The van der Waals surface area contributed by atoms with Gasteiger partial charge >= 0.3 is 6.03 Å². The summed E-state index contributed by atoms with van der Waals surface area (Å²) in [4.78, 5) is 28.2. The first-order valence-electron chi connectivity index (χ1n) is 8.34. The van der Waals surface area contributed by atoms with Gasteiger partial charge in [-0.3, -0.25) is 10.1 Å². The first-order chi connectivity index (χ1) is 12.0. The monoisotopic (exact) mass is 346 g/mol. The summed E-state index contributed by atoms with van der Waals surface area (Å²) in [6, 6.07) is 1.60. The molecule has 0 spiro atoms. The molecule has 3 amide bonds. The molecular formula is C16H22N6O3. The second kappa shape index (κ2) is 7.37. The Labute approximate surface area is 145 Å². The predicted molar refractivity (Wildman–Crippen MR) is 90.2 cm³/mol. The van der Waals surface area contributed by atoms with Crippen molar-refractivity contribution < 1.29 is 14.0 Å². The summed E-state index contributed by atoms with van der Waals surface area (Å²) in [6.07, 6.45) is 5.34. The maximum absolute atomic E-state index is 12.4. The van der Waals surface area contributed by atoms with Crippen LogP contribution in [-0.2, 0) is 0 Å². The minimum atomic E-state index is -0.228. The van der Waals surface area contributed by atoms with Crippen molar-refractivity contribution >= 4 is 17.8 Å². The van der Waals surface area contributed by atoms with Crippen LogP contribution in [0, 0.1) is 0 Å². The summed E-state index contributed by atoms with van der Waals surface area (Å²) in [5, 5.41) is 10.7. The normalized spacial score (nSPS) is 15.3. The Hall–Kier alpha value is -2.84. The fourth-order valence-corrected chi connectivity index (χ4v) is 2.67. The summed E-state index contributed by atoms with van der Waals surface area (Å²) in [7, 11) is 0. The molecule has 0 aliphatic carbocycles. The van der Waals surface area contributed by atoms with Gasteiger partial charge in [0.25, 0.3) is 5.91 Å². The summed E-state index contributed by atoms with van der Waals surface area (Å²) in [5.41, 5.74) is 0.531. The minimum absolute atomic E-state index is 0.0733. The van der Waals surface area contributed by atoms with Gasteiger partial charge < -0.3 is 14.2 Å². The van der Waals surface area contributed by atoms with Crippen LogP contribution in [0.3, 0.4) is 0 Å². The van der Waals surface area contributed by atoms with Crippen molar-refractivity contribution in [3.8, 4) is 0 Å². The Kier molecular flexibility index (Phi) is 5.01. The van der Waals surface area contributed by atoms with Crippen LogP contribution in [0.5, 0.6) is 0 Å². The van der Waals surface area contributed by atoms with E-state index in [0.29, 0.717) is 37.6 Å². The van der Waals surface area contributed by atoms with Crippen LogP contribution in [0.25, 0.3) is 0 Å². The fraction of sp³-hybridized carbons (Fsp3) is 0.500. The third-order valence-electron chi connectivity index (χ3n) is 4.11. The standard InChI is InChI=1S/C16H22N6O3/c1-12(2)22-10-14(18-19-22)17-16(24)21-6-3-5-20(7-8-21)15(23)13-4-9-25-11-13/h4,9-12H,3,5-8H2,1-2H3,(H,17,24). The van der Waals surface area contributed by atoms with Crippen LogP contribution >= 0.6 is 0 Å². The molecule has 2 aromatic rings. The molecule has 1 aliphatic rings. The summed E-state index contributed by atoms with van der Waals surface area (Å²) < 4.78 is 6.65. The number of nitrogens with one attached hydrogen (secondary N) is 1. The van der Waals surface area contributed by atoms with Crippen molar-refractivity contribution in [3.63, 3.8) is 0 Å². The Bertz CT molecular complexity index is 724. The van der Waals surface area contributed by atoms with Crippen LogP contribution in [0.2, 0.25) is 0 Å². The van der Waals surface area contributed by atoms with Gasteiger partial charge in [-0.2, -0.15) is 0 Å². The van der Waals surface area contributed by atoms with Crippen molar-refractivity contribution in [2.24, 2.45) is 0 Å². The van der Waals surface area contributed by atoms with Gasteiger partial charge in [0.2, 0.25) is 0 Å². The second-order valence-electron chi connectivity index (χ2n) is 6.25. The Balaban J connectivity index is 1.56. The molecule has 9 heteroatoms. The first-order valence-corrected chi connectivity index (χ1v) is 8.34. The van der Waals surface area contributed by atoms with E-state index in [0.717, 1.165) is 6.42 Å². The number of urea groups is 1. The Morgan fingerprint density at radius 2 is 1.96 bits per heavy atom. The number of hydrogen-bond acceptors (Lipinski definition) is 5. The van der Waals surface area contributed by atoms with Crippen molar-refractivity contribution in [1.29, 1.82) is 0 Å². The highest BCUT2D eigenvalue weighted by Crippen LogP contribution is 2.12. The SMILES string of the molecule is CC(C)n1cc(NC(=O)N2CCCN(C(=O)c3ccoc3)CC2)nn1. The van der Waals surface area contributed by atoms with Gasteiger partial charge in [0, 0.05) is 32.2 Å². The van der Waals surface area contributed by atoms with Crippen LogP contribution < -0.4 is 5.32 Å². The molecule has 1 aliphatic heterocycles. The molecule has 1 saturated heterocycles. The molecule has 9 nitrogen and oxygen atoms in total. The van der Waals surface area contributed by atoms with Gasteiger partial charge in [-0.25, -0.2) is 9.48 Å². The number of carbonyl (C=O) groups is 2. The van der Waals surface area contributed by atoms with Gasteiger partial charge in [-0.05, 0) is 26.3 Å². The largest absolute Gasteiger partial charge is 0.472 e. The molecule has 25 heavy (non-hydrogen) atoms. The van der Waals surface area contributed by atoms with E-state index in [1.54, 1.807) is 26.7 Å². The van der Waals surface area contributed by atoms with E-state index in [2.05, 4.69) is 15.6 Å². The van der Waals surface area contributed by atoms with Gasteiger partial charge in [0.1, 0.15) is 6.26 Å². The third-order valence-corrected chi connectivity index (χ3v) is 4.11. The lowest BCUT2D eigenvalue weighted by Crippen LogP contribution is -2.39. The lowest BCUT2D eigenvalue weighted by Gasteiger charge is -2.21. The topological polar surface area (TPSA) is 96.5 Å². The number of anilines is 1. The predicted octanol–water partition coefficient (Wildman–Crippen LogP) is 1.83. The average Bonchev–Trinajstić information content (AvgIpc) is 3.21. The highest BCUT2D eigenvalue weighted by Gasteiger charge is 2.23. The number of furan rings is 1. The average molecular weight is 346 g/mol. The van der Waals surface area contributed by atoms with E-state index in [1.807, 2.05) is 13.8 Å². The molecule has 0 atom stereocenters. The van der Waals surface area contributed by atoms with E-state index in [-0.39, 0.29) is 18.0 Å². The molecule has 2 aromatic heterocycles. The molecule has 0 radical (unpaired) electrons. The summed E-state index contributed by atoms with van der Waals surface area (Å²) in [5.74, 6) is 0.352. The van der Waals surface area contributed by atoms with E-state index < -0.39 is 0 Å². The van der Waals surface area contributed by atoms with E-state index in [1.165, 1.54) is 12.5 Å². The lowest BCUT2D eigenvalue weighted by molar-refractivity contribution is 0.0762. The highest BCUT2D eigenvalue weighted by atomic mass is 16.3.